The van der Waals surface area contributed by atoms with E-state index in [4.69, 9.17) is 9.47 Å². The van der Waals surface area contributed by atoms with Crippen molar-refractivity contribution in [1.29, 1.82) is 0 Å². The number of rotatable bonds is 3. The number of ether oxygens (including phenoxy) is 2. The van der Waals surface area contributed by atoms with E-state index in [0.29, 0.717) is 6.10 Å². The molecule has 0 bridgehead atoms. The molecule has 15 heavy (non-hydrogen) atoms. The molecule has 1 atom stereocenters. The van der Waals surface area contributed by atoms with E-state index in [1.54, 1.807) is 0 Å². The van der Waals surface area contributed by atoms with Crippen LogP contribution in [-0.2, 0) is 9.47 Å². The molecule has 0 aliphatic carbocycles. The molecule has 0 saturated carbocycles. The van der Waals surface area contributed by atoms with Crippen molar-refractivity contribution in [3.05, 3.63) is 0 Å². The van der Waals surface area contributed by atoms with Gasteiger partial charge in [0, 0.05) is 38.2 Å². The van der Waals surface area contributed by atoms with E-state index in [1.165, 1.54) is 19.4 Å². The van der Waals surface area contributed by atoms with Gasteiger partial charge in [0.25, 0.3) is 0 Å². The van der Waals surface area contributed by atoms with Gasteiger partial charge in [-0.15, -0.1) is 0 Å². The van der Waals surface area contributed by atoms with Gasteiger partial charge in [0.1, 0.15) is 0 Å². The molecule has 0 aromatic heterocycles. The van der Waals surface area contributed by atoms with Crippen LogP contribution in [0, 0.1) is 5.92 Å². The van der Waals surface area contributed by atoms with Crippen molar-refractivity contribution >= 4 is 15.9 Å². The van der Waals surface area contributed by atoms with Gasteiger partial charge < -0.3 is 9.47 Å². The molecule has 88 valence electrons. The Hall–Kier alpha value is 0.360. The molecule has 0 N–H and O–H groups in total. The highest BCUT2D eigenvalue weighted by molar-refractivity contribution is 9.09. The van der Waals surface area contributed by atoms with Crippen molar-refractivity contribution in [2.75, 3.05) is 44.8 Å². The highest BCUT2D eigenvalue weighted by Crippen LogP contribution is 2.18. The maximum Gasteiger partial charge on any atom is 0.0799 e. The quantitative estimate of drug-likeness (QED) is 0.730. The van der Waals surface area contributed by atoms with Crippen molar-refractivity contribution in [2.24, 2.45) is 5.92 Å². The van der Waals surface area contributed by atoms with E-state index in [2.05, 4.69) is 20.8 Å². The minimum Gasteiger partial charge on any atom is -0.381 e. The molecule has 2 aliphatic rings. The number of hydrogen-bond donors (Lipinski definition) is 0. The van der Waals surface area contributed by atoms with Gasteiger partial charge >= 0.3 is 0 Å². The number of morpholine rings is 1. The van der Waals surface area contributed by atoms with Gasteiger partial charge in [0.05, 0.1) is 12.7 Å². The molecule has 0 aromatic rings. The second-order valence-electron chi connectivity index (χ2n) is 4.46. The third-order valence-electron chi connectivity index (χ3n) is 3.25. The molecule has 2 heterocycles. The zero-order valence-corrected chi connectivity index (χ0v) is 10.7. The Morgan fingerprint density at radius 1 is 1.20 bits per heavy atom. The lowest BCUT2D eigenvalue weighted by atomic mass is 9.99. The van der Waals surface area contributed by atoms with Crippen LogP contribution in [-0.4, -0.2) is 55.8 Å². The van der Waals surface area contributed by atoms with Crippen LogP contribution in [0.25, 0.3) is 0 Å². The summed E-state index contributed by atoms with van der Waals surface area (Å²) in [5, 5.41) is 0.956. The summed E-state index contributed by atoms with van der Waals surface area (Å²) in [5.41, 5.74) is 0. The summed E-state index contributed by atoms with van der Waals surface area (Å²) < 4.78 is 11.0. The summed E-state index contributed by atoms with van der Waals surface area (Å²) >= 11 is 3.49. The molecule has 2 saturated heterocycles. The molecule has 2 rings (SSSR count). The first kappa shape index (κ1) is 11.8. The van der Waals surface area contributed by atoms with Crippen LogP contribution in [0.4, 0.5) is 0 Å². The standard InChI is InChI=1S/C11H20BrNO2/c12-7-11-9-13(3-6-15-11)8-10-1-4-14-5-2-10/h10-11H,1-9H2. The summed E-state index contributed by atoms with van der Waals surface area (Å²) in [6, 6.07) is 0. The van der Waals surface area contributed by atoms with Crippen LogP contribution in [0.15, 0.2) is 0 Å². The number of alkyl halides is 1. The zero-order valence-electron chi connectivity index (χ0n) is 9.16. The molecule has 0 spiro atoms. The lowest BCUT2D eigenvalue weighted by Crippen LogP contribution is -2.45. The Morgan fingerprint density at radius 2 is 2.00 bits per heavy atom. The molecule has 1 unspecified atom stereocenters. The third-order valence-corrected chi connectivity index (χ3v) is 3.97. The lowest BCUT2D eigenvalue weighted by molar-refractivity contribution is -0.0283. The fraction of sp³-hybridized carbons (Fsp3) is 1.00. The Bertz CT molecular complexity index is 185. The largest absolute Gasteiger partial charge is 0.381 e. The molecular weight excluding hydrogens is 258 g/mol. The van der Waals surface area contributed by atoms with Gasteiger partial charge in [-0.05, 0) is 18.8 Å². The topological polar surface area (TPSA) is 21.7 Å². The van der Waals surface area contributed by atoms with E-state index in [0.717, 1.165) is 44.2 Å². The van der Waals surface area contributed by atoms with Gasteiger partial charge in [-0.25, -0.2) is 0 Å². The molecular formula is C11H20BrNO2. The molecule has 2 fully saturated rings. The van der Waals surface area contributed by atoms with Crippen LogP contribution >= 0.6 is 15.9 Å². The predicted octanol–water partition coefficient (Wildman–Crippen LogP) is 1.51. The monoisotopic (exact) mass is 277 g/mol. The Balaban J connectivity index is 1.72. The summed E-state index contributed by atoms with van der Waals surface area (Å²) in [4.78, 5) is 2.55. The Kier molecular flexibility index (Phi) is 4.88. The van der Waals surface area contributed by atoms with Gasteiger partial charge in [0.2, 0.25) is 0 Å². The molecule has 2 aliphatic heterocycles. The zero-order chi connectivity index (χ0) is 10.5. The van der Waals surface area contributed by atoms with E-state index in [-0.39, 0.29) is 0 Å². The van der Waals surface area contributed by atoms with Crippen LogP contribution in [0.5, 0.6) is 0 Å². The number of hydrogen-bond acceptors (Lipinski definition) is 3. The van der Waals surface area contributed by atoms with E-state index >= 15 is 0 Å². The summed E-state index contributed by atoms with van der Waals surface area (Å²) in [7, 11) is 0. The number of halogens is 1. The third kappa shape index (κ3) is 3.70. The fourth-order valence-electron chi connectivity index (χ4n) is 2.33. The smallest absolute Gasteiger partial charge is 0.0799 e. The van der Waals surface area contributed by atoms with Crippen molar-refractivity contribution in [3.8, 4) is 0 Å². The summed E-state index contributed by atoms with van der Waals surface area (Å²) in [5.74, 6) is 0.841. The number of nitrogens with zero attached hydrogens (tertiary/aromatic N) is 1. The fourth-order valence-corrected chi connectivity index (χ4v) is 2.73. The second-order valence-corrected chi connectivity index (χ2v) is 5.11. The van der Waals surface area contributed by atoms with Crippen LogP contribution in [0.2, 0.25) is 0 Å². The van der Waals surface area contributed by atoms with Gasteiger partial charge in [-0.2, -0.15) is 0 Å². The minimum atomic E-state index is 0.388. The van der Waals surface area contributed by atoms with Crippen molar-refractivity contribution in [2.45, 2.75) is 18.9 Å². The average Bonchev–Trinajstić information content (AvgIpc) is 2.31. The van der Waals surface area contributed by atoms with Crippen molar-refractivity contribution in [3.63, 3.8) is 0 Å². The Labute approximate surface area is 100 Å². The van der Waals surface area contributed by atoms with Crippen molar-refractivity contribution in [1.82, 2.24) is 4.90 Å². The van der Waals surface area contributed by atoms with E-state index in [9.17, 15) is 0 Å². The molecule has 0 amide bonds. The van der Waals surface area contributed by atoms with E-state index in [1.807, 2.05) is 0 Å². The van der Waals surface area contributed by atoms with Gasteiger partial charge in [-0.1, -0.05) is 15.9 Å². The maximum absolute atomic E-state index is 5.63. The van der Waals surface area contributed by atoms with Crippen molar-refractivity contribution < 1.29 is 9.47 Å². The first-order valence-electron chi connectivity index (χ1n) is 5.86. The normalized spacial score (nSPS) is 30.6. The average molecular weight is 278 g/mol. The van der Waals surface area contributed by atoms with Gasteiger partial charge in [-0.3, -0.25) is 4.90 Å². The minimum absolute atomic E-state index is 0.388. The van der Waals surface area contributed by atoms with Crippen LogP contribution in [0.1, 0.15) is 12.8 Å². The van der Waals surface area contributed by atoms with Gasteiger partial charge in [0.15, 0.2) is 0 Å². The first-order valence-corrected chi connectivity index (χ1v) is 6.98. The molecule has 3 nitrogen and oxygen atoms in total. The molecule has 4 heteroatoms. The van der Waals surface area contributed by atoms with Crippen LogP contribution in [0.3, 0.4) is 0 Å². The van der Waals surface area contributed by atoms with E-state index < -0.39 is 0 Å². The summed E-state index contributed by atoms with van der Waals surface area (Å²) in [6.07, 6.45) is 2.85. The first-order chi connectivity index (χ1) is 7.38. The predicted molar refractivity (Wildman–Crippen MR) is 63.5 cm³/mol. The highest BCUT2D eigenvalue weighted by atomic mass is 79.9. The lowest BCUT2D eigenvalue weighted by Gasteiger charge is -2.35. The molecule has 0 aromatic carbocycles. The molecule has 0 radical (unpaired) electrons. The summed E-state index contributed by atoms with van der Waals surface area (Å²) in [6.45, 7) is 6.22. The SMILES string of the molecule is BrCC1CN(CC2CCOCC2)CCO1. The van der Waals surface area contributed by atoms with Crippen LogP contribution < -0.4 is 0 Å². The highest BCUT2D eigenvalue weighted by Gasteiger charge is 2.23. The second kappa shape index (κ2) is 6.18. The Morgan fingerprint density at radius 3 is 2.73 bits per heavy atom. The maximum atomic E-state index is 5.63.